The van der Waals surface area contributed by atoms with Crippen LogP contribution < -0.4 is 5.32 Å². The van der Waals surface area contributed by atoms with E-state index >= 15 is 0 Å². The maximum absolute atomic E-state index is 11.4. The summed E-state index contributed by atoms with van der Waals surface area (Å²) >= 11 is 0. The Morgan fingerprint density at radius 1 is 1.35 bits per heavy atom. The lowest BCUT2D eigenvalue weighted by atomic mass is 10.1. The molecule has 1 unspecified atom stereocenters. The number of nitrogens with zero attached hydrogens (tertiary/aromatic N) is 1. The molecule has 7 heteroatoms. The van der Waals surface area contributed by atoms with Crippen LogP contribution in [0.1, 0.15) is 12.8 Å². The lowest BCUT2D eigenvalue weighted by Crippen LogP contribution is -2.44. The molecule has 0 aliphatic heterocycles. The van der Waals surface area contributed by atoms with Crippen molar-refractivity contribution in [2.24, 2.45) is 0 Å². The summed E-state index contributed by atoms with van der Waals surface area (Å²) in [5.74, 6) is -2.06. The molecule has 0 aromatic carbocycles. The number of likely N-dealkylation sites (N-methyl/N-ethyl adjacent to an activating group) is 1. The number of carboxylic acid groups (broad SMARTS) is 1. The van der Waals surface area contributed by atoms with Crippen LogP contribution in [0.4, 0.5) is 0 Å². The van der Waals surface area contributed by atoms with E-state index in [4.69, 9.17) is 5.11 Å². The van der Waals surface area contributed by atoms with Gasteiger partial charge in [0.2, 0.25) is 5.91 Å². The number of rotatable bonds is 7. The Bertz CT molecular complexity index is 290. The fourth-order valence-corrected chi connectivity index (χ4v) is 1.15. The van der Waals surface area contributed by atoms with E-state index in [0.717, 1.165) is 0 Å². The molecule has 0 aliphatic carbocycles. The highest BCUT2D eigenvalue weighted by atomic mass is 16.5. The molecule has 1 amide bonds. The van der Waals surface area contributed by atoms with Crippen LogP contribution in [-0.2, 0) is 19.1 Å². The molecule has 0 radical (unpaired) electrons. The van der Waals surface area contributed by atoms with Crippen LogP contribution in [-0.4, -0.2) is 61.6 Å². The van der Waals surface area contributed by atoms with Crippen LogP contribution in [0.15, 0.2) is 0 Å². The highest BCUT2D eigenvalue weighted by molar-refractivity contribution is 5.85. The zero-order valence-electron chi connectivity index (χ0n) is 10.2. The number of aliphatic carboxylic acids is 1. The van der Waals surface area contributed by atoms with Gasteiger partial charge in [-0.25, -0.2) is 4.79 Å². The molecule has 0 heterocycles. The monoisotopic (exact) mass is 246 g/mol. The normalized spacial score (nSPS) is 12.0. The molecule has 0 rings (SSSR count). The number of methoxy groups -OCH3 is 1. The number of hydrogen-bond donors (Lipinski definition) is 2. The number of esters is 1. The second-order valence-corrected chi connectivity index (χ2v) is 3.81. The molecular formula is C10H18N2O5. The van der Waals surface area contributed by atoms with Gasteiger partial charge in [-0.15, -0.1) is 0 Å². The molecule has 0 aliphatic rings. The first-order valence-corrected chi connectivity index (χ1v) is 5.10. The van der Waals surface area contributed by atoms with E-state index in [2.05, 4.69) is 10.1 Å². The average molecular weight is 246 g/mol. The van der Waals surface area contributed by atoms with E-state index in [0.29, 0.717) is 0 Å². The predicted molar refractivity (Wildman–Crippen MR) is 59.4 cm³/mol. The van der Waals surface area contributed by atoms with Gasteiger partial charge in [0.15, 0.2) is 0 Å². The van der Waals surface area contributed by atoms with Crippen molar-refractivity contribution < 1.29 is 24.2 Å². The molecule has 0 aromatic rings. The summed E-state index contributed by atoms with van der Waals surface area (Å²) in [5, 5.41) is 11.2. The van der Waals surface area contributed by atoms with Gasteiger partial charge in [0, 0.05) is 6.42 Å². The quantitative estimate of drug-likeness (QED) is 0.563. The van der Waals surface area contributed by atoms with Gasteiger partial charge in [-0.2, -0.15) is 0 Å². The second-order valence-electron chi connectivity index (χ2n) is 3.81. The summed E-state index contributed by atoms with van der Waals surface area (Å²) in [6, 6.07) is -1.07. The van der Waals surface area contributed by atoms with Crippen molar-refractivity contribution in [1.82, 2.24) is 10.2 Å². The standard InChI is InChI=1S/C10H18N2O5/c1-12(2)6-8(13)11-7(10(15)16)4-5-9(14)17-3/h7H,4-6H2,1-3H3,(H,11,13)(H,15,16). The van der Waals surface area contributed by atoms with Crippen LogP contribution in [0.5, 0.6) is 0 Å². The molecular weight excluding hydrogens is 228 g/mol. The third-order valence-electron chi connectivity index (χ3n) is 1.96. The fourth-order valence-electron chi connectivity index (χ4n) is 1.15. The number of carboxylic acids is 1. The highest BCUT2D eigenvalue weighted by Crippen LogP contribution is 1.99. The average Bonchev–Trinajstić information content (AvgIpc) is 2.22. The molecule has 0 fully saturated rings. The van der Waals surface area contributed by atoms with Gasteiger partial charge >= 0.3 is 11.9 Å². The molecule has 0 aromatic heterocycles. The Balaban J connectivity index is 4.20. The number of hydrogen-bond acceptors (Lipinski definition) is 5. The summed E-state index contributed by atoms with van der Waals surface area (Å²) in [6.45, 7) is 0.0992. The summed E-state index contributed by atoms with van der Waals surface area (Å²) in [5.41, 5.74) is 0. The van der Waals surface area contributed by atoms with Gasteiger partial charge in [-0.3, -0.25) is 9.59 Å². The minimum Gasteiger partial charge on any atom is -0.480 e. The fraction of sp³-hybridized carbons (Fsp3) is 0.700. The second kappa shape index (κ2) is 7.61. The maximum atomic E-state index is 11.4. The largest absolute Gasteiger partial charge is 0.480 e. The van der Waals surface area contributed by atoms with Crippen molar-refractivity contribution in [3.63, 3.8) is 0 Å². The van der Waals surface area contributed by atoms with Crippen molar-refractivity contribution in [3.05, 3.63) is 0 Å². The lowest BCUT2D eigenvalue weighted by Gasteiger charge is -2.15. The third-order valence-corrected chi connectivity index (χ3v) is 1.96. The van der Waals surface area contributed by atoms with Gasteiger partial charge in [-0.1, -0.05) is 0 Å². The molecule has 98 valence electrons. The zero-order valence-corrected chi connectivity index (χ0v) is 10.2. The van der Waals surface area contributed by atoms with Crippen molar-refractivity contribution >= 4 is 17.8 Å². The van der Waals surface area contributed by atoms with Gasteiger partial charge in [0.25, 0.3) is 0 Å². The Hall–Kier alpha value is -1.63. The number of ether oxygens (including phenoxy) is 1. The molecule has 2 N–H and O–H groups in total. The number of nitrogens with one attached hydrogen (secondary N) is 1. The molecule has 0 bridgehead atoms. The lowest BCUT2D eigenvalue weighted by molar-refractivity contribution is -0.144. The smallest absolute Gasteiger partial charge is 0.326 e. The summed E-state index contributed by atoms with van der Waals surface area (Å²) in [4.78, 5) is 34.7. The molecule has 0 spiro atoms. The predicted octanol–water partition coefficient (Wildman–Crippen LogP) is -0.929. The Kier molecular flexibility index (Phi) is 6.88. The minimum absolute atomic E-state index is 0.0151. The molecule has 17 heavy (non-hydrogen) atoms. The van der Waals surface area contributed by atoms with Crippen LogP contribution in [0, 0.1) is 0 Å². The van der Waals surface area contributed by atoms with Crippen molar-refractivity contribution in [3.8, 4) is 0 Å². The molecule has 1 atom stereocenters. The van der Waals surface area contributed by atoms with Gasteiger partial charge < -0.3 is 20.1 Å². The SMILES string of the molecule is COC(=O)CCC(NC(=O)CN(C)C)C(=O)O. The Morgan fingerprint density at radius 3 is 2.35 bits per heavy atom. The first kappa shape index (κ1) is 15.4. The molecule has 0 saturated heterocycles. The summed E-state index contributed by atoms with van der Waals surface area (Å²) < 4.78 is 4.40. The van der Waals surface area contributed by atoms with E-state index in [1.54, 1.807) is 19.0 Å². The van der Waals surface area contributed by atoms with Crippen LogP contribution in [0.25, 0.3) is 0 Å². The van der Waals surface area contributed by atoms with Crippen LogP contribution in [0.3, 0.4) is 0 Å². The van der Waals surface area contributed by atoms with E-state index in [9.17, 15) is 14.4 Å². The zero-order chi connectivity index (χ0) is 13.4. The summed E-state index contributed by atoms with van der Waals surface area (Å²) in [7, 11) is 4.62. The molecule has 7 nitrogen and oxygen atoms in total. The van der Waals surface area contributed by atoms with Gasteiger partial charge in [-0.05, 0) is 20.5 Å². The first-order chi connectivity index (χ1) is 7.86. The van der Waals surface area contributed by atoms with Gasteiger partial charge in [0.05, 0.1) is 13.7 Å². The first-order valence-electron chi connectivity index (χ1n) is 5.10. The Labute approximate surface area is 99.7 Å². The van der Waals surface area contributed by atoms with Crippen molar-refractivity contribution in [1.29, 1.82) is 0 Å². The third kappa shape index (κ3) is 7.29. The van der Waals surface area contributed by atoms with Crippen LogP contribution in [0.2, 0.25) is 0 Å². The van der Waals surface area contributed by atoms with E-state index in [-0.39, 0.29) is 19.4 Å². The van der Waals surface area contributed by atoms with Gasteiger partial charge in [0.1, 0.15) is 6.04 Å². The van der Waals surface area contributed by atoms with Crippen LogP contribution >= 0.6 is 0 Å². The number of carbonyl (C=O) groups excluding carboxylic acids is 2. The highest BCUT2D eigenvalue weighted by Gasteiger charge is 2.21. The van der Waals surface area contributed by atoms with Crippen molar-refractivity contribution in [2.45, 2.75) is 18.9 Å². The van der Waals surface area contributed by atoms with Crippen molar-refractivity contribution in [2.75, 3.05) is 27.7 Å². The van der Waals surface area contributed by atoms with E-state index in [1.165, 1.54) is 7.11 Å². The summed E-state index contributed by atoms with van der Waals surface area (Å²) in [6.07, 6.45) is -0.0309. The van der Waals surface area contributed by atoms with E-state index < -0.39 is 23.9 Å². The maximum Gasteiger partial charge on any atom is 0.326 e. The topological polar surface area (TPSA) is 95.9 Å². The van der Waals surface area contributed by atoms with E-state index in [1.807, 2.05) is 0 Å². The molecule has 0 saturated carbocycles. The Morgan fingerprint density at radius 2 is 1.94 bits per heavy atom. The number of carbonyl (C=O) groups is 3. The number of amides is 1. The minimum atomic E-state index is -1.17.